The summed E-state index contributed by atoms with van der Waals surface area (Å²) in [4.78, 5) is 34.7. The van der Waals surface area contributed by atoms with Gasteiger partial charge in [-0.2, -0.15) is 5.10 Å². The summed E-state index contributed by atoms with van der Waals surface area (Å²) in [6.07, 6.45) is 2.85. The van der Waals surface area contributed by atoms with Crippen LogP contribution in [0.3, 0.4) is 0 Å². The number of carboxylic acid groups (broad SMARTS) is 1. The number of anilines is 1. The summed E-state index contributed by atoms with van der Waals surface area (Å²) in [5.41, 5.74) is 10.7. The third-order valence-corrected chi connectivity index (χ3v) is 12.4. The van der Waals surface area contributed by atoms with Crippen LogP contribution in [0.4, 0.5) is 5.69 Å². The molecule has 1 atom stereocenters. The van der Waals surface area contributed by atoms with E-state index in [1.165, 1.54) is 0 Å². The van der Waals surface area contributed by atoms with Gasteiger partial charge in [-0.05, 0) is 118 Å². The molecular weight excluding hydrogens is 787 g/mol. The summed E-state index contributed by atoms with van der Waals surface area (Å²) in [6.45, 7) is 11.3. The number of aromatic carboxylic acids is 1. The van der Waals surface area contributed by atoms with Crippen LogP contribution >= 0.6 is 23.2 Å². The van der Waals surface area contributed by atoms with Crippen LogP contribution in [0.1, 0.15) is 79.7 Å². The van der Waals surface area contributed by atoms with Crippen molar-refractivity contribution in [2.45, 2.75) is 66.7 Å². The van der Waals surface area contributed by atoms with Gasteiger partial charge in [-0.25, -0.2) is 4.79 Å². The Morgan fingerprint density at radius 3 is 2.41 bits per heavy atom. The second-order valence-corrected chi connectivity index (χ2v) is 16.3. The molecule has 0 unspecified atom stereocenters. The summed E-state index contributed by atoms with van der Waals surface area (Å²) >= 11 is 13.6. The van der Waals surface area contributed by atoms with E-state index >= 15 is 4.79 Å². The first-order valence-electron chi connectivity index (χ1n) is 19.6. The molecule has 304 valence electrons. The number of halogens is 2. The average Bonchev–Trinajstić information content (AvgIpc) is 3.82. The fraction of sp³-hybridized carbons (Fsp3) is 0.304. The number of hydrogen-bond acceptors (Lipinski definition) is 6. The first kappa shape index (κ1) is 40.2. The van der Waals surface area contributed by atoms with Crippen LogP contribution in [0.25, 0.3) is 32.9 Å². The first-order chi connectivity index (χ1) is 28.3. The largest absolute Gasteiger partial charge is 0.494 e. The van der Waals surface area contributed by atoms with Gasteiger partial charge < -0.3 is 28.6 Å². The third-order valence-electron chi connectivity index (χ3n) is 11.5. The number of nitrogens with zero attached hydrogens (tertiary/aromatic N) is 6. The molecule has 0 spiro atoms. The van der Waals surface area contributed by atoms with Crippen LogP contribution in [0.2, 0.25) is 10.0 Å². The number of carbonyl (C=O) groups is 2. The Morgan fingerprint density at radius 2 is 1.75 bits per heavy atom. The van der Waals surface area contributed by atoms with E-state index in [4.69, 9.17) is 37.8 Å². The maximum atomic E-state index is 15.6. The SMILES string of the molecule is COCc1cc(N2C[C@@H](C)n3c(c(CCCOc4cc(C)c(Cl)c(C)c4)c4ccc(Cl)c(-c5c(C)nn(C)c5C)c43)C2=O)c2c(c1)cc(C(=O)O)n2Cc1ccccn1. The van der Waals surface area contributed by atoms with Gasteiger partial charge in [0.15, 0.2) is 0 Å². The van der Waals surface area contributed by atoms with Gasteiger partial charge in [-0.15, -0.1) is 0 Å². The quantitative estimate of drug-likeness (QED) is 0.122. The maximum absolute atomic E-state index is 15.6. The van der Waals surface area contributed by atoms with Gasteiger partial charge in [-0.3, -0.25) is 14.5 Å². The van der Waals surface area contributed by atoms with E-state index in [1.807, 2.05) is 98.9 Å². The summed E-state index contributed by atoms with van der Waals surface area (Å²) in [5.74, 6) is -0.525. The Labute approximate surface area is 352 Å². The number of amides is 1. The van der Waals surface area contributed by atoms with Crippen molar-refractivity contribution in [1.82, 2.24) is 23.9 Å². The summed E-state index contributed by atoms with van der Waals surface area (Å²) in [7, 11) is 3.54. The molecule has 0 radical (unpaired) electrons. The molecule has 11 nitrogen and oxygen atoms in total. The molecule has 1 N–H and O–H groups in total. The van der Waals surface area contributed by atoms with E-state index in [1.54, 1.807) is 23.9 Å². The van der Waals surface area contributed by atoms with Crippen LogP contribution in [0.15, 0.2) is 66.9 Å². The molecule has 1 aliphatic rings. The maximum Gasteiger partial charge on any atom is 0.352 e. The zero-order chi connectivity index (χ0) is 41.9. The van der Waals surface area contributed by atoms with E-state index in [-0.39, 0.29) is 30.8 Å². The number of hydrogen-bond donors (Lipinski definition) is 1. The predicted molar refractivity (Wildman–Crippen MR) is 233 cm³/mol. The van der Waals surface area contributed by atoms with E-state index in [9.17, 15) is 9.90 Å². The number of pyridine rings is 1. The van der Waals surface area contributed by atoms with Crippen molar-refractivity contribution in [2.75, 3.05) is 25.2 Å². The van der Waals surface area contributed by atoms with Gasteiger partial charge in [0.25, 0.3) is 5.91 Å². The number of methoxy groups -OCH3 is 1. The lowest BCUT2D eigenvalue weighted by atomic mass is 9.98. The standard InChI is InChI=1S/C46H46Cl2N6O5/c1-25-17-33(18-26(2)41(25)48)59-16-10-12-34-35-13-14-36(47)40(39-28(4)50-51(6)29(39)5)43(35)54-27(3)22-53(45(55)44(34)54)37-20-30(24-58-7)19-31-21-38(46(56)57)52(42(31)37)23-32-11-8-9-15-49-32/h8-9,11,13-15,17-21,27H,10,12,16,22-24H2,1-7H3,(H,56,57)/t27-/m1/s1. The second kappa shape index (κ2) is 15.9. The molecule has 0 saturated heterocycles. The highest BCUT2D eigenvalue weighted by Gasteiger charge is 2.38. The lowest BCUT2D eigenvalue weighted by Crippen LogP contribution is -2.43. The number of aromatic nitrogens is 5. The van der Waals surface area contributed by atoms with Gasteiger partial charge >= 0.3 is 5.97 Å². The Morgan fingerprint density at radius 1 is 0.983 bits per heavy atom. The highest BCUT2D eigenvalue weighted by Crippen LogP contribution is 2.46. The Balaban J connectivity index is 1.31. The van der Waals surface area contributed by atoms with Crippen LogP contribution in [-0.4, -0.2) is 61.1 Å². The van der Waals surface area contributed by atoms with Crippen molar-refractivity contribution in [1.29, 1.82) is 0 Å². The number of ether oxygens (including phenoxy) is 2. The molecule has 7 aromatic rings. The third kappa shape index (κ3) is 7.04. The van der Waals surface area contributed by atoms with Crippen molar-refractivity contribution >= 4 is 62.6 Å². The number of carbonyl (C=O) groups excluding carboxylic acids is 1. The van der Waals surface area contributed by atoms with Crippen LogP contribution in [0.5, 0.6) is 5.75 Å². The minimum absolute atomic E-state index is 0.0985. The number of fused-ring (bicyclic) bond motifs is 4. The van der Waals surface area contributed by atoms with Gasteiger partial charge in [0.05, 0.1) is 52.9 Å². The van der Waals surface area contributed by atoms with Crippen LogP contribution in [-0.2, 0) is 31.4 Å². The summed E-state index contributed by atoms with van der Waals surface area (Å²) in [5, 5.41) is 18.1. The highest BCUT2D eigenvalue weighted by molar-refractivity contribution is 6.35. The molecule has 0 aliphatic carbocycles. The Bertz CT molecular complexity index is 2780. The van der Waals surface area contributed by atoms with E-state index in [2.05, 4.69) is 16.5 Å². The second-order valence-electron chi connectivity index (χ2n) is 15.5. The zero-order valence-corrected chi connectivity index (χ0v) is 35.7. The molecule has 59 heavy (non-hydrogen) atoms. The van der Waals surface area contributed by atoms with E-state index < -0.39 is 5.97 Å². The molecule has 8 rings (SSSR count). The minimum atomic E-state index is -1.08. The molecule has 0 fully saturated rings. The van der Waals surface area contributed by atoms with Gasteiger partial charge in [0.2, 0.25) is 0 Å². The van der Waals surface area contributed by atoms with Gasteiger partial charge in [0.1, 0.15) is 17.1 Å². The Hall–Kier alpha value is -5.62. The van der Waals surface area contributed by atoms with Crippen LogP contribution < -0.4 is 9.64 Å². The number of rotatable bonds is 12. The molecule has 1 aliphatic heterocycles. The average molecular weight is 834 g/mol. The van der Waals surface area contributed by atoms with Gasteiger partial charge in [0, 0.05) is 65.6 Å². The summed E-state index contributed by atoms with van der Waals surface area (Å²) < 4.78 is 17.6. The fourth-order valence-corrected chi connectivity index (χ4v) is 9.20. The van der Waals surface area contributed by atoms with Crippen LogP contribution in [0, 0.1) is 27.7 Å². The zero-order valence-electron chi connectivity index (χ0n) is 34.2. The van der Waals surface area contributed by atoms with Gasteiger partial charge in [-0.1, -0.05) is 35.3 Å². The van der Waals surface area contributed by atoms with Crippen molar-refractivity contribution in [3.8, 4) is 16.9 Å². The topological polar surface area (TPSA) is 117 Å². The van der Waals surface area contributed by atoms with E-state index in [0.717, 1.165) is 66.4 Å². The number of aryl methyl sites for hydroxylation is 5. The fourth-order valence-electron chi connectivity index (χ4n) is 8.84. The molecule has 0 bridgehead atoms. The molecule has 3 aromatic carbocycles. The molecule has 0 saturated carbocycles. The monoisotopic (exact) mass is 832 g/mol. The van der Waals surface area contributed by atoms with Crippen molar-refractivity contribution in [3.63, 3.8) is 0 Å². The van der Waals surface area contributed by atoms with Crippen molar-refractivity contribution < 1.29 is 24.2 Å². The lowest BCUT2D eigenvalue weighted by Gasteiger charge is -2.35. The predicted octanol–water partition coefficient (Wildman–Crippen LogP) is 10.1. The highest BCUT2D eigenvalue weighted by atomic mass is 35.5. The Kier molecular flexibility index (Phi) is 10.8. The van der Waals surface area contributed by atoms with E-state index in [0.29, 0.717) is 59.0 Å². The normalized spacial score (nSPS) is 14.2. The molecular formula is C46H46Cl2N6O5. The molecule has 5 heterocycles. The molecule has 4 aromatic heterocycles. The molecule has 1 amide bonds. The lowest BCUT2D eigenvalue weighted by molar-refractivity contribution is 0.0686. The van der Waals surface area contributed by atoms with Crippen molar-refractivity contribution in [3.05, 3.63) is 128 Å². The number of carboxylic acids is 1. The summed E-state index contributed by atoms with van der Waals surface area (Å²) in [6, 6.07) is 18.7. The smallest absolute Gasteiger partial charge is 0.352 e. The number of benzene rings is 3. The first-order valence-corrected chi connectivity index (χ1v) is 20.4. The minimum Gasteiger partial charge on any atom is -0.494 e. The van der Waals surface area contributed by atoms with Crippen molar-refractivity contribution in [2.24, 2.45) is 7.05 Å². The molecule has 13 heteroatoms.